The first-order valence-corrected chi connectivity index (χ1v) is 8.00. The minimum atomic E-state index is 0.0470. The van der Waals surface area contributed by atoms with Gasteiger partial charge in [0, 0.05) is 12.6 Å². The Hall–Kier alpha value is -1.59. The smallest absolute Gasteiger partial charge is 0.323 e. The molecule has 2 atom stereocenters. The molecular weight excluding hydrogens is 266 g/mol. The fraction of sp³-hybridized carbons (Fsp3) is 0.800. The number of hydrogen-bond donors (Lipinski definition) is 2. The number of nitrogens with one attached hydrogen (secondary N) is 2. The zero-order valence-corrected chi connectivity index (χ0v) is 13.5. The van der Waals surface area contributed by atoms with Gasteiger partial charge in [0.25, 0.3) is 0 Å². The third kappa shape index (κ3) is 5.02. The third-order valence-corrected chi connectivity index (χ3v) is 3.52. The topological polar surface area (TPSA) is 72.0 Å². The molecule has 2 unspecified atom stereocenters. The molecule has 21 heavy (non-hydrogen) atoms. The molecule has 0 amide bonds. The number of nitrogens with zero attached hydrogens (tertiary/aromatic N) is 3. The van der Waals surface area contributed by atoms with Gasteiger partial charge in [-0.2, -0.15) is 15.0 Å². The van der Waals surface area contributed by atoms with E-state index in [0.717, 1.165) is 18.9 Å². The molecule has 1 fully saturated rings. The molecule has 1 aromatic heterocycles. The van der Waals surface area contributed by atoms with Gasteiger partial charge in [0.05, 0.1) is 6.10 Å². The highest BCUT2D eigenvalue weighted by atomic mass is 16.5. The van der Waals surface area contributed by atoms with Crippen molar-refractivity contribution in [3.63, 3.8) is 0 Å². The number of hydrogen-bond acceptors (Lipinski definition) is 6. The Morgan fingerprint density at radius 3 is 2.57 bits per heavy atom. The molecule has 1 heterocycles. The normalized spacial score (nSPS) is 21.6. The summed E-state index contributed by atoms with van der Waals surface area (Å²) in [6, 6.07) is 0.834. The second-order valence-corrected chi connectivity index (χ2v) is 6.12. The van der Waals surface area contributed by atoms with Crippen LogP contribution >= 0.6 is 0 Å². The molecule has 6 heteroatoms. The second kappa shape index (κ2) is 7.43. The van der Waals surface area contributed by atoms with E-state index >= 15 is 0 Å². The minimum absolute atomic E-state index is 0.0470. The minimum Gasteiger partial charge on any atom is -0.461 e. The van der Waals surface area contributed by atoms with Gasteiger partial charge in [-0.15, -0.1) is 0 Å². The van der Waals surface area contributed by atoms with Gasteiger partial charge in [-0.3, -0.25) is 0 Å². The molecule has 1 aliphatic carbocycles. The average molecular weight is 293 g/mol. The highest BCUT2D eigenvalue weighted by Crippen LogP contribution is 2.27. The van der Waals surface area contributed by atoms with Gasteiger partial charge in [-0.05, 0) is 45.4 Å². The van der Waals surface area contributed by atoms with E-state index < -0.39 is 0 Å². The first-order valence-electron chi connectivity index (χ1n) is 8.00. The van der Waals surface area contributed by atoms with E-state index in [-0.39, 0.29) is 6.10 Å². The van der Waals surface area contributed by atoms with Crippen molar-refractivity contribution in [2.24, 2.45) is 5.92 Å². The summed E-state index contributed by atoms with van der Waals surface area (Å²) in [6.45, 7) is 9.17. The van der Waals surface area contributed by atoms with Crippen molar-refractivity contribution in [1.29, 1.82) is 0 Å². The van der Waals surface area contributed by atoms with Crippen molar-refractivity contribution in [3.05, 3.63) is 0 Å². The van der Waals surface area contributed by atoms with Gasteiger partial charge < -0.3 is 15.4 Å². The molecule has 1 aromatic rings. The number of aromatic nitrogens is 3. The number of anilines is 2. The van der Waals surface area contributed by atoms with Crippen LogP contribution in [0.25, 0.3) is 0 Å². The first kappa shape index (κ1) is 15.8. The molecule has 0 aromatic carbocycles. The fourth-order valence-electron chi connectivity index (χ4n) is 2.52. The van der Waals surface area contributed by atoms with Crippen molar-refractivity contribution < 1.29 is 4.74 Å². The molecule has 2 N–H and O–H groups in total. The van der Waals surface area contributed by atoms with E-state index in [1.54, 1.807) is 0 Å². The fourth-order valence-corrected chi connectivity index (χ4v) is 2.52. The second-order valence-electron chi connectivity index (χ2n) is 6.12. The van der Waals surface area contributed by atoms with Crippen LogP contribution in [0, 0.1) is 5.92 Å². The highest BCUT2D eigenvalue weighted by molar-refractivity contribution is 5.36. The van der Waals surface area contributed by atoms with Crippen molar-refractivity contribution in [2.45, 2.75) is 65.5 Å². The van der Waals surface area contributed by atoms with Gasteiger partial charge in [-0.25, -0.2) is 0 Å². The van der Waals surface area contributed by atoms with Crippen LogP contribution in [-0.2, 0) is 0 Å². The molecule has 0 aliphatic heterocycles. The van der Waals surface area contributed by atoms with Crippen molar-refractivity contribution in [2.75, 3.05) is 17.2 Å². The monoisotopic (exact) mass is 293 g/mol. The van der Waals surface area contributed by atoms with Crippen LogP contribution in [0.2, 0.25) is 0 Å². The van der Waals surface area contributed by atoms with Crippen LogP contribution in [0.5, 0.6) is 6.01 Å². The molecule has 0 bridgehead atoms. The van der Waals surface area contributed by atoms with E-state index in [0.29, 0.717) is 23.9 Å². The van der Waals surface area contributed by atoms with E-state index in [9.17, 15) is 0 Å². The van der Waals surface area contributed by atoms with Crippen LogP contribution in [0.3, 0.4) is 0 Å². The van der Waals surface area contributed by atoms with Crippen LogP contribution in [0.4, 0.5) is 11.9 Å². The quantitative estimate of drug-likeness (QED) is 0.805. The Morgan fingerprint density at radius 2 is 1.95 bits per heavy atom. The summed E-state index contributed by atoms with van der Waals surface area (Å²) in [6.07, 6.45) is 4.67. The summed E-state index contributed by atoms with van der Waals surface area (Å²) in [5.74, 6) is 1.96. The van der Waals surface area contributed by atoms with Crippen LogP contribution in [0.15, 0.2) is 0 Å². The largest absolute Gasteiger partial charge is 0.461 e. The van der Waals surface area contributed by atoms with Gasteiger partial charge >= 0.3 is 6.01 Å². The molecule has 1 saturated carbocycles. The molecule has 0 spiro atoms. The predicted octanol–water partition coefficient (Wildman–Crippen LogP) is 3.08. The van der Waals surface area contributed by atoms with Crippen molar-refractivity contribution in [1.82, 2.24) is 15.0 Å². The zero-order valence-electron chi connectivity index (χ0n) is 13.5. The van der Waals surface area contributed by atoms with Crippen molar-refractivity contribution in [3.8, 4) is 6.01 Å². The summed E-state index contributed by atoms with van der Waals surface area (Å²) in [7, 11) is 0. The maximum absolute atomic E-state index is 5.62. The van der Waals surface area contributed by atoms with Crippen molar-refractivity contribution >= 4 is 11.9 Å². The van der Waals surface area contributed by atoms with Crippen LogP contribution in [0.1, 0.15) is 53.4 Å². The summed E-state index contributed by atoms with van der Waals surface area (Å²) >= 11 is 0. The molecule has 1 aliphatic rings. The maximum atomic E-state index is 5.62. The highest BCUT2D eigenvalue weighted by Gasteiger charge is 2.22. The van der Waals surface area contributed by atoms with Gasteiger partial charge in [0.1, 0.15) is 0 Å². The van der Waals surface area contributed by atoms with E-state index in [1.165, 1.54) is 19.3 Å². The Morgan fingerprint density at radius 1 is 1.19 bits per heavy atom. The van der Waals surface area contributed by atoms with Gasteiger partial charge in [0.2, 0.25) is 11.9 Å². The predicted molar refractivity (Wildman–Crippen MR) is 84.8 cm³/mol. The third-order valence-electron chi connectivity index (χ3n) is 3.52. The standard InChI is InChI=1S/C15H27N5O/c1-5-8-16-13-18-14(17-12-7-6-11(4)9-12)20-15(19-13)21-10(2)3/h10-12H,5-9H2,1-4H3,(H2,16,17,18,19,20). The average Bonchev–Trinajstić information content (AvgIpc) is 2.80. The molecule has 118 valence electrons. The van der Waals surface area contributed by atoms with E-state index in [2.05, 4.69) is 39.4 Å². The number of ether oxygens (including phenoxy) is 1. The Labute approximate surface area is 127 Å². The molecule has 0 radical (unpaired) electrons. The summed E-state index contributed by atoms with van der Waals surface area (Å²) < 4.78 is 5.62. The molecule has 0 saturated heterocycles. The molecule has 6 nitrogen and oxygen atoms in total. The molecular formula is C15H27N5O. The molecule has 2 rings (SSSR count). The number of rotatable bonds is 7. The van der Waals surface area contributed by atoms with Gasteiger partial charge in [0.15, 0.2) is 0 Å². The van der Waals surface area contributed by atoms with Crippen LogP contribution in [-0.4, -0.2) is 33.6 Å². The summed E-state index contributed by atoms with van der Waals surface area (Å²) in [4.78, 5) is 13.1. The Balaban J connectivity index is 2.09. The Kier molecular flexibility index (Phi) is 5.59. The SMILES string of the molecule is CCCNc1nc(NC2CCC(C)C2)nc(OC(C)C)n1. The van der Waals surface area contributed by atoms with E-state index in [4.69, 9.17) is 4.74 Å². The van der Waals surface area contributed by atoms with E-state index in [1.807, 2.05) is 13.8 Å². The summed E-state index contributed by atoms with van der Waals surface area (Å²) in [5, 5.41) is 6.62. The lowest BCUT2D eigenvalue weighted by Crippen LogP contribution is -2.19. The van der Waals surface area contributed by atoms with Crippen LogP contribution < -0.4 is 15.4 Å². The summed E-state index contributed by atoms with van der Waals surface area (Å²) in [5.41, 5.74) is 0. The first-order chi connectivity index (χ1) is 10.1. The lowest BCUT2D eigenvalue weighted by Gasteiger charge is -2.15. The zero-order chi connectivity index (χ0) is 15.2. The lowest BCUT2D eigenvalue weighted by atomic mass is 10.1. The van der Waals surface area contributed by atoms with Gasteiger partial charge in [-0.1, -0.05) is 13.8 Å². The maximum Gasteiger partial charge on any atom is 0.323 e. The Bertz CT molecular complexity index is 452. The lowest BCUT2D eigenvalue weighted by molar-refractivity contribution is 0.222.